The number of rotatable bonds is 3. The van der Waals surface area contributed by atoms with Crippen LogP contribution in [0.25, 0.3) is 0 Å². The topological polar surface area (TPSA) is 83.9 Å². The Kier molecular flexibility index (Phi) is 4.50. The number of nitrogens with zero attached hydrogens (tertiary/aromatic N) is 5. The van der Waals surface area contributed by atoms with Gasteiger partial charge in [-0.2, -0.15) is 0 Å². The zero-order chi connectivity index (χ0) is 19.7. The lowest BCUT2D eigenvalue weighted by molar-refractivity contribution is 0.0749. The number of carbonyl (C=O) groups is 1. The number of hydrogen-bond acceptors (Lipinski definition) is 6. The largest absolute Gasteiger partial charge is 0.328 e. The zero-order valence-electron chi connectivity index (χ0n) is 16.2. The Morgan fingerprint density at radius 1 is 1.00 bits per heavy atom. The first-order valence-electron chi connectivity index (χ1n) is 9.19. The van der Waals surface area contributed by atoms with Crippen molar-refractivity contribution in [2.75, 3.05) is 5.32 Å². The lowest BCUT2D eigenvalue weighted by Gasteiger charge is -2.16. The molecule has 0 aliphatic carbocycles. The summed E-state index contributed by atoms with van der Waals surface area (Å²) in [6, 6.07) is 9.66. The zero-order valence-corrected chi connectivity index (χ0v) is 16.2. The summed E-state index contributed by atoms with van der Waals surface area (Å²) in [5.41, 5.74) is 3.13. The number of hydrogen-bond donors (Lipinski definition) is 1. The van der Waals surface area contributed by atoms with E-state index in [9.17, 15) is 4.79 Å². The monoisotopic (exact) mass is 374 g/mol. The summed E-state index contributed by atoms with van der Waals surface area (Å²) >= 11 is 0. The Morgan fingerprint density at radius 2 is 1.71 bits per heavy atom. The van der Waals surface area contributed by atoms with Crippen molar-refractivity contribution in [2.24, 2.45) is 0 Å². The number of benzene rings is 1. The number of para-hydroxylation sites is 1. The van der Waals surface area contributed by atoms with Crippen molar-refractivity contribution >= 4 is 17.5 Å². The van der Waals surface area contributed by atoms with Gasteiger partial charge in [0, 0.05) is 41.8 Å². The lowest BCUT2D eigenvalue weighted by Crippen LogP contribution is -2.25. The lowest BCUT2D eigenvalue weighted by atomic mass is 9.95. The van der Waals surface area contributed by atoms with Gasteiger partial charge < -0.3 is 10.2 Å². The molecule has 28 heavy (non-hydrogen) atoms. The summed E-state index contributed by atoms with van der Waals surface area (Å²) in [5.74, 6) is 1.13. The molecular formula is C21H22N6O. The van der Waals surface area contributed by atoms with E-state index in [-0.39, 0.29) is 11.3 Å². The molecule has 142 valence electrons. The van der Waals surface area contributed by atoms with Crippen LogP contribution in [0.3, 0.4) is 0 Å². The maximum Gasteiger partial charge on any atom is 0.257 e. The first-order chi connectivity index (χ1) is 13.4. The molecule has 0 saturated carbocycles. The Hall–Kier alpha value is -3.35. The van der Waals surface area contributed by atoms with Gasteiger partial charge in [0.2, 0.25) is 5.95 Å². The minimum absolute atomic E-state index is 0.110. The average Bonchev–Trinajstić information content (AvgIpc) is 3.11. The van der Waals surface area contributed by atoms with Gasteiger partial charge in [0.05, 0.1) is 17.8 Å². The van der Waals surface area contributed by atoms with E-state index >= 15 is 0 Å². The summed E-state index contributed by atoms with van der Waals surface area (Å²) in [7, 11) is 0. The van der Waals surface area contributed by atoms with Crippen LogP contribution < -0.4 is 5.32 Å². The molecule has 1 N–H and O–H groups in total. The van der Waals surface area contributed by atoms with Gasteiger partial charge in [-0.3, -0.25) is 4.79 Å². The van der Waals surface area contributed by atoms with E-state index in [0.29, 0.717) is 24.6 Å². The number of amides is 1. The van der Waals surface area contributed by atoms with Gasteiger partial charge in [-0.05, 0) is 12.1 Å². The van der Waals surface area contributed by atoms with E-state index in [2.05, 4.69) is 46.0 Å². The third-order valence-electron chi connectivity index (χ3n) is 4.54. The van der Waals surface area contributed by atoms with Crippen LogP contribution in [0.4, 0.5) is 11.6 Å². The van der Waals surface area contributed by atoms with Crippen molar-refractivity contribution in [2.45, 2.75) is 39.3 Å². The maximum absolute atomic E-state index is 12.8. The Labute approximate surface area is 163 Å². The molecule has 1 aliphatic heterocycles. The predicted octanol–water partition coefficient (Wildman–Crippen LogP) is 3.46. The molecule has 0 atom stereocenters. The normalized spacial score (nSPS) is 13.3. The van der Waals surface area contributed by atoms with Crippen LogP contribution in [-0.4, -0.2) is 30.7 Å². The molecule has 7 nitrogen and oxygen atoms in total. The van der Waals surface area contributed by atoms with Gasteiger partial charge in [0.25, 0.3) is 5.91 Å². The van der Waals surface area contributed by atoms with Crippen LogP contribution in [0, 0.1) is 0 Å². The summed E-state index contributed by atoms with van der Waals surface area (Å²) in [4.78, 5) is 32.2. The van der Waals surface area contributed by atoms with Crippen LogP contribution in [0.1, 0.15) is 48.2 Å². The molecule has 1 amide bonds. The average molecular weight is 374 g/mol. The standard InChI is InChI=1S/C21H22N6O/c1-21(2,3)19-22-11-15-12-27(13-17(15)26-19)18(28)14-9-23-20(24-10-14)25-16-7-5-4-6-8-16/h4-11H,12-13H2,1-3H3,(H,23,24,25). The number of fused-ring (bicyclic) bond motifs is 1. The molecule has 1 aliphatic rings. The SMILES string of the molecule is CC(C)(C)c1ncc2c(n1)CN(C(=O)c1cnc(Nc3ccccc3)nc1)C2. The van der Waals surface area contributed by atoms with Crippen LogP contribution in [0.5, 0.6) is 0 Å². The fraction of sp³-hybridized carbons (Fsp3) is 0.286. The third-order valence-corrected chi connectivity index (χ3v) is 4.54. The van der Waals surface area contributed by atoms with Crippen LogP contribution in [-0.2, 0) is 18.5 Å². The highest BCUT2D eigenvalue weighted by Crippen LogP contribution is 2.25. The summed E-state index contributed by atoms with van der Waals surface area (Å²) in [6.45, 7) is 7.21. The Morgan fingerprint density at radius 3 is 2.39 bits per heavy atom. The molecular weight excluding hydrogens is 352 g/mol. The molecule has 0 bridgehead atoms. The first-order valence-corrected chi connectivity index (χ1v) is 9.19. The fourth-order valence-corrected chi connectivity index (χ4v) is 2.99. The van der Waals surface area contributed by atoms with Crippen molar-refractivity contribution in [3.05, 3.63) is 71.6 Å². The van der Waals surface area contributed by atoms with Crippen molar-refractivity contribution in [1.82, 2.24) is 24.8 Å². The van der Waals surface area contributed by atoms with E-state index in [4.69, 9.17) is 0 Å². The molecule has 3 heterocycles. The van der Waals surface area contributed by atoms with Gasteiger partial charge in [-0.15, -0.1) is 0 Å². The molecule has 0 unspecified atom stereocenters. The fourth-order valence-electron chi connectivity index (χ4n) is 2.99. The second kappa shape index (κ2) is 6.99. The van der Waals surface area contributed by atoms with Gasteiger partial charge in [0.15, 0.2) is 0 Å². The summed E-state index contributed by atoms with van der Waals surface area (Å²) < 4.78 is 0. The van der Waals surface area contributed by atoms with Gasteiger partial charge in [-0.25, -0.2) is 19.9 Å². The number of aromatic nitrogens is 4. The molecule has 1 aromatic carbocycles. The second-order valence-electron chi connectivity index (χ2n) is 7.86. The molecule has 0 fully saturated rings. The van der Waals surface area contributed by atoms with Gasteiger partial charge in [-0.1, -0.05) is 39.0 Å². The van der Waals surface area contributed by atoms with Crippen LogP contribution in [0.15, 0.2) is 48.9 Å². The van der Waals surface area contributed by atoms with Crippen LogP contribution >= 0.6 is 0 Å². The molecule has 3 aromatic rings. The van der Waals surface area contributed by atoms with Crippen molar-refractivity contribution in [1.29, 1.82) is 0 Å². The number of carbonyl (C=O) groups excluding carboxylic acids is 1. The summed E-state index contributed by atoms with van der Waals surface area (Å²) in [6.07, 6.45) is 4.94. The molecule has 0 spiro atoms. The number of nitrogens with one attached hydrogen (secondary N) is 1. The van der Waals surface area contributed by atoms with E-state index in [1.165, 1.54) is 0 Å². The molecule has 2 aromatic heterocycles. The highest BCUT2D eigenvalue weighted by molar-refractivity contribution is 5.94. The van der Waals surface area contributed by atoms with E-state index in [1.54, 1.807) is 17.3 Å². The number of anilines is 2. The van der Waals surface area contributed by atoms with E-state index in [1.807, 2.05) is 36.5 Å². The van der Waals surface area contributed by atoms with Crippen molar-refractivity contribution in [3.8, 4) is 0 Å². The highest BCUT2D eigenvalue weighted by Gasteiger charge is 2.28. The third kappa shape index (κ3) is 3.69. The maximum atomic E-state index is 12.8. The van der Waals surface area contributed by atoms with E-state index < -0.39 is 0 Å². The molecule has 7 heteroatoms. The van der Waals surface area contributed by atoms with Crippen LogP contribution in [0.2, 0.25) is 0 Å². The predicted molar refractivity (Wildman–Crippen MR) is 106 cm³/mol. The van der Waals surface area contributed by atoms with Gasteiger partial charge in [0.1, 0.15) is 5.82 Å². The minimum Gasteiger partial charge on any atom is -0.328 e. The first kappa shape index (κ1) is 18.0. The summed E-state index contributed by atoms with van der Waals surface area (Å²) in [5, 5.41) is 3.11. The molecule has 0 radical (unpaired) electrons. The van der Waals surface area contributed by atoms with Crippen molar-refractivity contribution in [3.63, 3.8) is 0 Å². The Balaban J connectivity index is 1.46. The Bertz CT molecular complexity index is 996. The minimum atomic E-state index is -0.123. The molecule has 0 saturated heterocycles. The second-order valence-corrected chi connectivity index (χ2v) is 7.86. The molecule has 4 rings (SSSR count). The van der Waals surface area contributed by atoms with E-state index in [0.717, 1.165) is 22.8 Å². The van der Waals surface area contributed by atoms with Gasteiger partial charge >= 0.3 is 0 Å². The highest BCUT2D eigenvalue weighted by atomic mass is 16.2. The quantitative estimate of drug-likeness (QED) is 0.756. The van der Waals surface area contributed by atoms with Crippen molar-refractivity contribution < 1.29 is 4.79 Å². The smallest absolute Gasteiger partial charge is 0.257 e.